The molecule has 4 nitrogen and oxygen atoms in total. The maximum Gasteiger partial charge on any atom is 0.343 e. The Labute approximate surface area is 118 Å². The molecule has 20 heavy (non-hydrogen) atoms. The Hall–Kier alpha value is -2.10. The van der Waals surface area contributed by atoms with Crippen LogP contribution in [0.2, 0.25) is 0 Å². The van der Waals surface area contributed by atoms with Gasteiger partial charge in [-0.3, -0.25) is 4.79 Å². The molecule has 0 saturated heterocycles. The summed E-state index contributed by atoms with van der Waals surface area (Å²) in [5.74, 6) is -0.116. The minimum atomic E-state index is -0.419. The molecule has 1 aromatic carbocycles. The van der Waals surface area contributed by atoms with Crippen molar-refractivity contribution >= 4 is 16.7 Å². The second-order valence-electron chi connectivity index (χ2n) is 5.38. The Morgan fingerprint density at radius 1 is 1.05 bits per heavy atom. The summed E-state index contributed by atoms with van der Waals surface area (Å²) >= 11 is 0. The van der Waals surface area contributed by atoms with E-state index in [1.165, 1.54) is 6.26 Å². The first kappa shape index (κ1) is 14.3. The van der Waals surface area contributed by atoms with Crippen molar-refractivity contribution in [1.82, 2.24) is 4.90 Å². The topological polar surface area (TPSA) is 50.5 Å². The fraction of sp³-hybridized carbons (Fsp3) is 0.375. The SMILES string of the molecule is CC(C)N(C(=O)c1coc(=O)c2ccccc12)C(C)C. The standard InChI is InChI=1S/C16H19NO3/c1-10(2)17(11(3)4)15(18)14-9-20-16(19)13-8-6-5-7-12(13)14/h5-11H,1-4H3. The summed E-state index contributed by atoms with van der Waals surface area (Å²) in [7, 11) is 0. The summed E-state index contributed by atoms with van der Waals surface area (Å²) in [6.07, 6.45) is 1.27. The van der Waals surface area contributed by atoms with Crippen molar-refractivity contribution in [1.29, 1.82) is 0 Å². The van der Waals surface area contributed by atoms with E-state index in [1.807, 2.05) is 33.8 Å². The van der Waals surface area contributed by atoms with Crippen LogP contribution in [0.1, 0.15) is 38.1 Å². The summed E-state index contributed by atoms with van der Waals surface area (Å²) in [5, 5.41) is 1.07. The molecule has 106 valence electrons. The van der Waals surface area contributed by atoms with Crippen LogP contribution in [-0.2, 0) is 0 Å². The molecule has 0 aliphatic rings. The fourth-order valence-corrected chi connectivity index (χ4v) is 2.51. The molecule has 0 radical (unpaired) electrons. The highest BCUT2D eigenvalue weighted by molar-refractivity contribution is 6.06. The lowest BCUT2D eigenvalue weighted by Crippen LogP contribution is -2.42. The zero-order chi connectivity index (χ0) is 14.9. The lowest BCUT2D eigenvalue weighted by molar-refractivity contribution is 0.0643. The molecule has 0 unspecified atom stereocenters. The summed E-state index contributed by atoms with van der Waals surface area (Å²) in [4.78, 5) is 26.2. The number of nitrogens with zero attached hydrogens (tertiary/aromatic N) is 1. The molecular formula is C16H19NO3. The Morgan fingerprint density at radius 2 is 1.60 bits per heavy atom. The predicted molar refractivity (Wildman–Crippen MR) is 78.9 cm³/mol. The number of carbonyl (C=O) groups is 1. The Bertz CT molecular complexity index is 677. The van der Waals surface area contributed by atoms with Crippen molar-refractivity contribution in [3.8, 4) is 0 Å². The number of benzene rings is 1. The zero-order valence-electron chi connectivity index (χ0n) is 12.2. The van der Waals surface area contributed by atoms with E-state index >= 15 is 0 Å². The number of hydrogen-bond donors (Lipinski definition) is 0. The predicted octanol–water partition coefficient (Wildman–Crippen LogP) is 3.05. The Morgan fingerprint density at radius 3 is 2.15 bits per heavy atom. The third kappa shape index (κ3) is 2.46. The molecule has 0 spiro atoms. The monoisotopic (exact) mass is 273 g/mol. The fourth-order valence-electron chi connectivity index (χ4n) is 2.51. The molecule has 0 fully saturated rings. The first-order valence-corrected chi connectivity index (χ1v) is 6.76. The highest BCUT2D eigenvalue weighted by atomic mass is 16.4. The van der Waals surface area contributed by atoms with Crippen molar-refractivity contribution in [3.05, 3.63) is 46.5 Å². The van der Waals surface area contributed by atoms with Crippen LogP contribution in [-0.4, -0.2) is 22.9 Å². The molecular weight excluding hydrogens is 254 g/mol. The van der Waals surface area contributed by atoms with Gasteiger partial charge in [0.1, 0.15) is 6.26 Å². The highest BCUT2D eigenvalue weighted by Gasteiger charge is 2.24. The molecule has 1 amide bonds. The highest BCUT2D eigenvalue weighted by Crippen LogP contribution is 2.19. The summed E-state index contributed by atoms with van der Waals surface area (Å²) < 4.78 is 5.00. The maximum absolute atomic E-state index is 12.7. The van der Waals surface area contributed by atoms with Gasteiger partial charge in [0.2, 0.25) is 0 Å². The molecule has 0 atom stereocenters. The molecule has 2 rings (SSSR count). The maximum atomic E-state index is 12.7. The summed E-state index contributed by atoms with van der Waals surface area (Å²) in [6, 6.07) is 7.18. The van der Waals surface area contributed by atoms with Crippen LogP contribution in [0.15, 0.2) is 39.7 Å². The van der Waals surface area contributed by atoms with Gasteiger partial charge in [-0.2, -0.15) is 0 Å². The normalized spacial score (nSPS) is 11.3. The van der Waals surface area contributed by atoms with Crippen molar-refractivity contribution < 1.29 is 9.21 Å². The minimum absolute atomic E-state index is 0.0770. The second kappa shape index (κ2) is 5.49. The summed E-state index contributed by atoms with van der Waals surface area (Å²) in [5.41, 5.74) is 0.0143. The quantitative estimate of drug-likeness (QED) is 0.863. The van der Waals surface area contributed by atoms with Gasteiger partial charge in [-0.15, -0.1) is 0 Å². The minimum Gasteiger partial charge on any atom is -0.430 e. The smallest absolute Gasteiger partial charge is 0.343 e. The first-order chi connectivity index (χ1) is 9.43. The lowest BCUT2D eigenvalue weighted by atomic mass is 10.1. The molecule has 0 saturated carbocycles. The van der Waals surface area contributed by atoms with E-state index in [1.54, 1.807) is 23.1 Å². The van der Waals surface area contributed by atoms with E-state index in [9.17, 15) is 9.59 Å². The van der Waals surface area contributed by atoms with Crippen molar-refractivity contribution in [2.24, 2.45) is 0 Å². The van der Waals surface area contributed by atoms with Crippen LogP contribution in [0, 0.1) is 0 Å². The van der Waals surface area contributed by atoms with Crippen LogP contribution < -0.4 is 5.63 Å². The van der Waals surface area contributed by atoms with E-state index in [0.29, 0.717) is 16.3 Å². The molecule has 0 bridgehead atoms. The van der Waals surface area contributed by atoms with Gasteiger partial charge in [-0.1, -0.05) is 18.2 Å². The van der Waals surface area contributed by atoms with Crippen molar-refractivity contribution in [3.63, 3.8) is 0 Å². The van der Waals surface area contributed by atoms with Gasteiger partial charge in [0.05, 0.1) is 10.9 Å². The molecule has 1 aromatic heterocycles. The number of fused-ring (bicyclic) bond motifs is 1. The van der Waals surface area contributed by atoms with Crippen LogP contribution >= 0.6 is 0 Å². The first-order valence-electron chi connectivity index (χ1n) is 6.76. The van der Waals surface area contributed by atoms with Gasteiger partial charge < -0.3 is 9.32 Å². The van der Waals surface area contributed by atoms with E-state index in [0.717, 1.165) is 0 Å². The van der Waals surface area contributed by atoms with Crippen LogP contribution in [0.5, 0.6) is 0 Å². The average molecular weight is 273 g/mol. The van der Waals surface area contributed by atoms with Gasteiger partial charge in [0, 0.05) is 17.5 Å². The summed E-state index contributed by atoms with van der Waals surface area (Å²) in [6.45, 7) is 7.89. The Kier molecular flexibility index (Phi) is 3.93. The van der Waals surface area contributed by atoms with Crippen molar-refractivity contribution in [2.75, 3.05) is 0 Å². The number of hydrogen-bond acceptors (Lipinski definition) is 3. The van der Waals surface area contributed by atoms with E-state index in [2.05, 4.69) is 0 Å². The van der Waals surface area contributed by atoms with Crippen LogP contribution in [0.25, 0.3) is 10.8 Å². The van der Waals surface area contributed by atoms with E-state index in [-0.39, 0.29) is 18.0 Å². The third-order valence-corrected chi connectivity index (χ3v) is 3.30. The van der Waals surface area contributed by atoms with Gasteiger partial charge in [-0.05, 0) is 33.8 Å². The molecule has 0 aliphatic carbocycles. The van der Waals surface area contributed by atoms with Crippen molar-refractivity contribution in [2.45, 2.75) is 39.8 Å². The molecule has 0 aliphatic heterocycles. The number of rotatable bonds is 3. The van der Waals surface area contributed by atoms with Gasteiger partial charge in [0.15, 0.2) is 0 Å². The zero-order valence-corrected chi connectivity index (χ0v) is 12.2. The van der Waals surface area contributed by atoms with Crippen LogP contribution in [0.4, 0.5) is 0 Å². The largest absolute Gasteiger partial charge is 0.430 e. The lowest BCUT2D eigenvalue weighted by Gasteiger charge is -2.30. The van der Waals surface area contributed by atoms with E-state index in [4.69, 9.17) is 4.42 Å². The van der Waals surface area contributed by atoms with E-state index < -0.39 is 5.63 Å². The average Bonchev–Trinajstić information content (AvgIpc) is 2.38. The molecule has 0 N–H and O–H groups in total. The number of carbonyl (C=O) groups excluding carboxylic acids is 1. The van der Waals surface area contributed by atoms with Gasteiger partial charge >= 0.3 is 5.63 Å². The molecule has 4 heteroatoms. The van der Waals surface area contributed by atoms with Gasteiger partial charge in [0.25, 0.3) is 5.91 Å². The van der Waals surface area contributed by atoms with Gasteiger partial charge in [-0.25, -0.2) is 4.79 Å². The number of amides is 1. The molecule has 2 aromatic rings. The Balaban J connectivity index is 2.61. The third-order valence-electron chi connectivity index (χ3n) is 3.30. The molecule has 1 heterocycles. The van der Waals surface area contributed by atoms with Crippen LogP contribution in [0.3, 0.4) is 0 Å². The second-order valence-corrected chi connectivity index (χ2v) is 5.38.